The molecule has 1 heterocycles. The maximum absolute atomic E-state index is 12.1. The van der Waals surface area contributed by atoms with Crippen molar-refractivity contribution in [2.45, 2.75) is 26.7 Å². The van der Waals surface area contributed by atoms with Gasteiger partial charge in [0, 0.05) is 11.3 Å². The number of aliphatic carboxylic acids is 1. The Morgan fingerprint density at radius 2 is 2.05 bits per heavy atom. The van der Waals surface area contributed by atoms with E-state index in [1.165, 1.54) is 0 Å². The fraction of sp³-hybridized carbons (Fsp3) is 0.312. The number of rotatable bonds is 4. The summed E-state index contributed by atoms with van der Waals surface area (Å²) in [6.45, 7) is 3.69. The van der Waals surface area contributed by atoms with E-state index in [2.05, 4.69) is 10.3 Å². The van der Waals surface area contributed by atoms with Gasteiger partial charge < -0.3 is 14.8 Å². The first-order chi connectivity index (χ1) is 10.4. The third-order valence-corrected chi connectivity index (χ3v) is 3.99. The molecule has 1 fully saturated rings. The molecule has 114 valence electrons. The maximum Gasteiger partial charge on any atom is 0.319 e. The summed E-state index contributed by atoms with van der Waals surface area (Å²) in [6.07, 6.45) is 0.762. The van der Waals surface area contributed by atoms with Crippen molar-refractivity contribution >= 4 is 17.6 Å². The predicted molar refractivity (Wildman–Crippen MR) is 79.3 cm³/mol. The lowest BCUT2D eigenvalue weighted by Crippen LogP contribution is -2.31. The van der Waals surface area contributed by atoms with Crippen LogP contribution < -0.4 is 5.32 Å². The van der Waals surface area contributed by atoms with Crippen molar-refractivity contribution in [2.24, 2.45) is 5.41 Å². The molecule has 2 N–H and O–H groups in total. The predicted octanol–water partition coefficient (Wildman–Crippen LogP) is 2.76. The van der Waals surface area contributed by atoms with Crippen LogP contribution in [0.3, 0.4) is 0 Å². The van der Waals surface area contributed by atoms with E-state index in [-0.39, 0.29) is 0 Å². The molecular formula is C16H16N2O4. The molecule has 0 bridgehead atoms. The minimum absolute atomic E-state index is 0.381. The Balaban J connectivity index is 1.83. The number of hydrogen-bond donors (Lipinski definition) is 2. The molecule has 2 aromatic rings. The molecule has 1 aliphatic rings. The van der Waals surface area contributed by atoms with Gasteiger partial charge in [-0.05, 0) is 44.9 Å². The lowest BCUT2D eigenvalue weighted by molar-refractivity contribution is -0.147. The van der Waals surface area contributed by atoms with Crippen LogP contribution in [0.1, 0.15) is 24.3 Å². The maximum atomic E-state index is 12.1. The van der Waals surface area contributed by atoms with E-state index in [9.17, 15) is 9.59 Å². The minimum atomic E-state index is -1.26. The van der Waals surface area contributed by atoms with E-state index in [4.69, 9.17) is 9.52 Å². The Morgan fingerprint density at radius 1 is 1.32 bits per heavy atom. The number of carboxylic acids is 1. The molecule has 0 atom stereocenters. The van der Waals surface area contributed by atoms with Crippen molar-refractivity contribution in [1.82, 2.24) is 4.98 Å². The molecule has 3 rings (SSSR count). The lowest BCUT2D eigenvalue weighted by atomic mass is 10.1. The average Bonchev–Trinajstić information content (AvgIpc) is 3.22. The van der Waals surface area contributed by atoms with Gasteiger partial charge in [0.05, 0.1) is 5.69 Å². The quantitative estimate of drug-likeness (QED) is 0.847. The molecule has 1 amide bonds. The Hall–Kier alpha value is -2.63. The first-order valence-corrected chi connectivity index (χ1v) is 7.02. The second-order valence-electron chi connectivity index (χ2n) is 5.58. The normalized spacial score (nSPS) is 15.4. The fourth-order valence-electron chi connectivity index (χ4n) is 2.24. The highest BCUT2D eigenvalue weighted by molar-refractivity contribution is 6.10. The zero-order valence-corrected chi connectivity index (χ0v) is 12.3. The number of carboxylic acid groups (broad SMARTS) is 1. The number of nitrogens with zero attached hydrogens (tertiary/aromatic N) is 1. The van der Waals surface area contributed by atoms with Crippen molar-refractivity contribution in [1.29, 1.82) is 0 Å². The average molecular weight is 300 g/mol. The number of hydrogen-bond acceptors (Lipinski definition) is 4. The second-order valence-corrected chi connectivity index (χ2v) is 5.58. The second kappa shape index (κ2) is 4.98. The zero-order valence-electron chi connectivity index (χ0n) is 12.3. The zero-order chi connectivity index (χ0) is 15.9. The lowest BCUT2D eigenvalue weighted by Gasteiger charge is -2.11. The first kappa shape index (κ1) is 14.3. The highest BCUT2D eigenvalue weighted by Gasteiger charge is 2.57. The smallest absolute Gasteiger partial charge is 0.319 e. The molecule has 0 spiro atoms. The van der Waals surface area contributed by atoms with Gasteiger partial charge in [-0.15, -0.1) is 0 Å². The van der Waals surface area contributed by atoms with E-state index in [0.29, 0.717) is 24.4 Å². The van der Waals surface area contributed by atoms with Gasteiger partial charge in [0.2, 0.25) is 11.8 Å². The van der Waals surface area contributed by atoms with E-state index in [1.54, 1.807) is 18.2 Å². The number of aryl methyl sites for hydroxylation is 2. The van der Waals surface area contributed by atoms with Gasteiger partial charge >= 0.3 is 5.97 Å². The Morgan fingerprint density at radius 3 is 2.59 bits per heavy atom. The number of anilines is 1. The van der Waals surface area contributed by atoms with Gasteiger partial charge in [-0.3, -0.25) is 9.59 Å². The fourth-order valence-corrected chi connectivity index (χ4v) is 2.24. The van der Waals surface area contributed by atoms with Crippen molar-refractivity contribution in [3.8, 4) is 11.5 Å². The monoisotopic (exact) mass is 300 g/mol. The van der Waals surface area contributed by atoms with Crippen LogP contribution in [0.5, 0.6) is 0 Å². The first-order valence-electron chi connectivity index (χ1n) is 7.02. The summed E-state index contributed by atoms with van der Waals surface area (Å²) in [5.41, 5.74) is 0.816. The third-order valence-electron chi connectivity index (χ3n) is 3.99. The van der Waals surface area contributed by atoms with Crippen LogP contribution in [0.15, 0.2) is 28.7 Å². The summed E-state index contributed by atoms with van der Waals surface area (Å²) in [5.74, 6) is -0.324. The summed E-state index contributed by atoms with van der Waals surface area (Å²) in [5, 5.41) is 11.8. The van der Waals surface area contributed by atoms with Crippen molar-refractivity contribution in [3.05, 3.63) is 35.7 Å². The van der Waals surface area contributed by atoms with Crippen LogP contribution in [0.4, 0.5) is 5.69 Å². The van der Waals surface area contributed by atoms with E-state index in [1.807, 2.05) is 19.9 Å². The molecule has 0 saturated heterocycles. The molecular weight excluding hydrogens is 284 g/mol. The van der Waals surface area contributed by atoms with Crippen LogP contribution >= 0.6 is 0 Å². The largest absolute Gasteiger partial charge is 0.480 e. The van der Waals surface area contributed by atoms with E-state index >= 15 is 0 Å². The Kier molecular flexibility index (Phi) is 3.24. The highest BCUT2D eigenvalue weighted by Crippen LogP contribution is 2.46. The minimum Gasteiger partial charge on any atom is -0.480 e. The van der Waals surface area contributed by atoms with Crippen LogP contribution in [0, 0.1) is 19.3 Å². The van der Waals surface area contributed by atoms with Gasteiger partial charge in [-0.1, -0.05) is 6.07 Å². The number of oxazole rings is 1. The summed E-state index contributed by atoms with van der Waals surface area (Å²) in [7, 11) is 0. The van der Waals surface area contributed by atoms with Gasteiger partial charge in [0.25, 0.3) is 0 Å². The number of carbonyl (C=O) groups excluding carboxylic acids is 1. The topological polar surface area (TPSA) is 92.4 Å². The molecule has 1 aromatic carbocycles. The van der Waals surface area contributed by atoms with Crippen LogP contribution in [0.2, 0.25) is 0 Å². The van der Waals surface area contributed by atoms with Crippen molar-refractivity contribution < 1.29 is 19.1 Å². The highest BCUT2D eigenvalue weighted by atomic mass is 16.4. The number of aromatic nitrogens is 1. The van der Waals surface area contributed by atoms with E-state index in [0.717, 1.165) is 17.0 Å². The van der Waals surface area contributed by atoms with Crippen LogP contribution in [-0.4, -0.2) is 22.0 Å². The molecule has 6 heteroatoms. The van der Waals surface area contributed by atoms with Crippen molar-refractivity contribution in [2.75, 3.05) is 5.32 Å². The number of carbonyl (C=O) groups is 2. The standard InChI is InChI=1S/C16H16N2O4/c1-9-10(2)22-13(17-9)11-4-3-5-12(8-11)18-14(19)16(6-7-16)15(20)21/h3-5,8H,6-7H2,1-2H3,(H,18,19)(H,20,21). The van der Waals surface area contributed by atoms with Gasteiger partial charge in [0.1, 0.15) is 11.2 Å². The molecule has 0 aliphatic heterocycles. The van der Waals surface area contributed by atoms with Crippen molar-refractivity contribution in [3.63, 3.8) is 0 Å². The van der Waals surface area contributed by atoms with Gasteiger partial charge in [-0.2, -0.15) is 0 Å². The molecule has 22 heavy (non-hydrogen) atoms. The van der Waals surface area contributed by atoms with Gasteiger partial charge in [-0.25, -0.2) is 4.98 Å². The molecule has 1 aromatic heterocycles. The van der Waals surface area contributed by atoms with Crippen LogP contribution in [-0.2, 0) is 9.59 Å². The third kappa shape index (κ3) is 2.36. The number of nitrogens with one attached hydrogen (secondary N) is 1. The summed E-state index contributed by atoms with van der Waals surface area (Å²) in [6, 6.07) is 7.02. The molecule has 1 aliphatic carbocycles. The molecule has 6 nitrogen and oxygen atoms in total. The number of benzene rings is 1. The Bertz CT molecular complexity index is 740. The van der Waals surface area contributed by atoms with E-state index < -0.39 is 17.3 Å². The SMILES string of the molecule is Cc1nc(-c2cccc(NC(=O)C3(C(=O)O)CC3)c2)oc1C. The summed E-state index contributed by atoms with van der Waals surface area (Å²) >= 11 is 0. The number of amides is 1. The Labute approximate surface area is 127 Å². The molecule has 0 radical (unpaired) electrons. The molecule has 0 unspecified atom stereocenters. The summed E-state index contributed by atoms with van der Waals surface area (Å²) < 4.78 is 5.56. The molecule has 1 saturated carbocycles. The van der Waals surface area contributed by atoms with Crippen LogP contribution in [0.25, 0.3) is 11.5 Å². The van der Waals surface area contributed by atoms with Gasteiger partial charge in [0.15, 0.2) is 0 Å². The summed E-state index contributed by atoms with van der Waals surface area (Å²) in [4.78, 5) is 27.6.